The van der Waals surface area contributed by atoms with Crippen molar-refractivity contribution in [1.29, 1.82) is 0 Å². The Balaban J connectivity index is 1.52. The monoisotopic (exact) mass is 429 g/mol. The van der Waals surface area contributed by atoms with Gasteiger partial charge in [-0.3, -0.25) is 4.79 Å². The summed E-state index contributed by atoms with van der Waals surface area (Å²) in [5, 5.41) is 4.97. The van der Waals surface area contributed by atoms with Gasteiger partial charge in [-0.05, 0) is 69.2 Å². The molecule has 0 spiro atoms. The number of nitrogens with zero attached hydrogens (tertiary/aromatic N) is 2. The minimum Gasteiger partial charge on any atom is -0.494 e. The number of aryl methyl sites for hydroxylation is 2. The molecular weight excluding hydrogens is 402 g/mol. The topological polar surface area (TPSA) is 68.8 Å². The number of carbonyl (C=O) groups excluding carboxylic acids is 1. The van der Waals surface area contributed by atoms with Crippen LogP contribution in [0, 0.1) is 13.8 Å². The quantitative estimate of drug-likeness (QED) is 0.309. The zero-order valence-corrected chi connectivity index (χ0v) is 18.8. The van der Waals surface area contributed by atoms with Crippen LogP contribution < -0.4 is 10.2 Å². The predicted octanol–water partition coefficient (Wildman–Crippen LogP) is 5.57. The predicted molar refractivity (Wildman–Crippen MR) is 127 cm³/mol. The van der Waals surface area contributed by atoms with Crippen LogP contribution in [-0.2, 0) is 6.42 Å². The normalized spacial score (nSPS) is 11.4. The van der Waals surface area contributed by atoms with Crippen LogP contribution in [0.5, 0.6) is 5.75 Å². The first-order chi connectivity index (χ1) is 15.5. The van der Waals surface area contributed by atoms with Crippen molar-refractivity contribution >= 4 is 23.1 Å². The van der Waals surface area contributed by atoms with E-state index in [9.17, 15) is 4.79 Å². The Morgan fingerprint density at radius 3 is 2.72 bits per heavy atom. The number of hydrogen-bond acceptors (Lipinski definition) is 4. The molecule has 1 N–H and O–H groups in total. The highest BCUT2D eigenvalue weighted by Crippen LogP contribution is 2.25. The number of hydrazone groups is 1. The van der Waals surface area contributed by atoms with Gasteiger partial charge in [0.15, 0.2) is 5.76 Å². The summed E-state index contributed by atoms with van der Waals surface area (Å²) in [6.07, 6.45) is 2.62. The number of nitrogens with one attached hydrogen (secondary N) is 1. The molecule has 0 atom stereocenters. The number of para-hydroxylation sites is 1. The molecule has 164 valence electrons. The molecule has 1 amide bonds. The molecule has 6 heteroatoms. The van der Waals surface area contributed by atoms with Crippen molar-refractivity contribution in [2.24, 2.45) is 5.10 Å². The second kappa shape index (κ2) is 9.14. The Labute approximate surface area is 187 Å². The lowest BCUT2D eigenvalue weighted by atomic mass is 10.1. The summed E-state index contributed by atoms with van der Waals surface area (Å²) >= 11 is 0. The van der Waals surface area contributed by atoms with Crippen LogP contribution in [0.3, 0.4) is 0 Å². The summed E-state index contributed by atoms with van der Waals surface area (Å²) in [5.74, 6) is 0.541. The molecule has 2 heterocycles. The van der Waals surface area contributed by atoms with Crippen LogP contribution in [-0.4, -0.2) is 23.3 Å². The van der Waals surface area contributed by atoms with Gasteiger partial charge in [0.05, 0.1) is 12.8 Å². The minimum atomic E-state index is -0.402. The average Bonchev–Trinajstić information content (AvgIpc) is 3.34. The summed E-state index contributed by atoms with van der Waals surface area (Å²) in [7, 11) is 0. The van der Waals surface area contributed by atoms with E-state index in [1.54, 1.807) is 18.3 Å². The molecular formula is C26H27N3O3. The third-order valence-corrected chi connectivity index (χ3v) is 5.48. The van der Waals surface area contributed by atoms with Gasteiger partial charge in [-0.1, -0.05) is 25.1 Å². The molecule has 0 unspecified atom stereocenters. The van der Waals surface area contributed by atoms with Crippen molar-refractivity contribution in [3.63, 3.8) is 0 Å². The maximum absolute atomic E-state index is 12.5. The average molecular weight is 430 g/mol. The van der Waals surface area contributed by atoms with Crippen LogP contribution in [0.15, 0.2) is 64.1 Å². The highest BCUT2D eigenvalue weighted by molar-refractivity contribution is 5.97. The summed E-state index contributed by atoms with van der Waals surface area (Å²) in [4.78, 5) is 12.5. The largest absolute Gasteiger partial charge is 0.494 e. The Morgan fingerprint density at radius 2 is 1.94 bits per heavy atom. The van der Waals surface area contributed by atoms with Crippen molar-refractivity contribution in [3.8, 4) is 11.4 Å². The van der Waals surface area contributed by atoms with Crippen LogP contribution in [0.4, 0.5) is 0 Å². The lowest BCUT2D eigenvalue weighted by Crippen LogP contribution is -2.16. The van der Waals surface area contributed by atoms with Crippen molar-refractivity contribution in [3.05, 3.63) is 82.9 Å². The third kappa shape index (κ3) is 4.17. The van der Waals surface area contributed by atoms with Crippen molar-refractivity contribution in [2.75, 3.05) is 6.61 Å². The molecule has 0 aliphatic carbocycles. The van der Waals surface area contributed by atoms with Gasteiger partial charge in [-0.15, -0.1) is 0 Å². The maximum atomic E-state index is 12.5. The number of furan rings is 1. The van der Waals surface area contributed by atoms with Gasteiger partial charge in [0.1, 0.15) is 11.3 Å². The third-order valence-electron chi connectivity index (χ3n) is 5.48. The van der Waals surface area contributed by atoms with Gasteiger partial charge >= 0.3 is 5.91 Å². The smallest absolute Gasteiger partial charge is 0.307 e. The van der Waals surface area contributed by atoms with Crippen LogP contribution in [0.1, 0.15) is 46.9 Å². The van der Waals surface area contributed by atoms with E-state index in [-0.39, 0.29) is 5.76 Å². The van der Waals surface area contributed by atoms with Crippen molar-refractivity contribution in [2.45, 2.75) is 34.1 Å². The number of fused-ring (bicyclic) bond motifs is 1. The van der Waals surface area contributed by atoms with Crippen LogP contribution >= 0.6 is 0 Å². The van der Waals surface area contributed by atoms with Gasteiger partial charge in [0.25, 0.3) is 0 Å². The number of ether oxygens (including phenoxy) is 1. The molecule has 2 aromatic carbocycles. The van der Waals surface area contributed by atoms with E-state index >= 15 is 0 Å². The standard InChI is InChI=1S/C26H27N3O3/c1-5-19-9-7-8-10-23(19)29-17(3)13-21(18(29)4)16-27-28-26(30)25-15-20-14-22(31-6-2)11-12-24(20)32-25/h7-16H,5-6H2,1-4H3,(H,28,30)/b27-16+. The number of amides is 1. The molecule has 0 aliphatic heterocycles. The highest BCUT2D eigenvalue weighted by Gasteiger charge is 2.14. The van der Waals surface area contributed by atoms with E-state index in [2.05, 4.69) is 60.1 Å². The van der Waals surface area contributed by atoms with Gasteiger partial charge < -0.3 is 13.7 Å². The Morgan fingerprint density at radius 1 is 1.12 bits per heavy atom. The highest BCUT2D eigenvalue weighted by atomic mass is 16.5. The molecule has 4 rings (SSSR count). The van der Waals surface area contributed by atoms with Crippen molar-refractivity contribution in [1.82, 2.24) is 9.99 Å². The van der Waals surface area contributed by atoms with Crippen LogP contribution in [0.2, 0.25) is 0 Å². The first-order valence-electron chi connectivity index (χ1n) is 10.8. The second-order valence-corrected chi connectivity index (χ2v) is 7.59. The summed E-state index contributed by atoms with van der Waals surface area (Å²) in [6.45, 7) is 8.78. The Hall–Kier alpha value is -3.80. The summed E-state index contributed by atoms with van der Waals surface area (Å²) in [5.41, 5.74) is 8.76. The van der Waals surface area contributed by atoms with Gasteiger partial charge in [-0.2, -0.15) is 5.10 Å². The van der Waals surface area contributed by atoms with E-state index in [0.29, 0.717) is 12.2 Å². The number of benzene rings is 2. The Bertz CT molecular complexity index is 1300. The zero-order valence-electron chi connectivity index (χ0n) is 18.8. The SMILES string of the molecule is CCOc1ccc2oc(C(=O)N/N=C/c3cc(C)n(-c4ccccc4CC)c3C)cc2c1. The number of carbonyl (C=O) groups is 1. The lowest BCUT2D eigenvalue weighted by molar-refractivity contribution is 0.0929. The van der Waals surface area contributed by atoms with E-state index in [4.69, 9.17) is 9.15 Å². The van der Waals surface area contributed by atoms with Gasteiger partial charge in [0.2, 0.25) is 0 Å². The lowest BCUT2D eigenvalue weighted by Gasteiger charge is -2.13. The zero-order chi connectivity index (χ0) is 22.7. The fourth-order valence-electron chi connectivity index (χ4n) is 3.92. The molecule has 0 radical (unpaired) electrons. The molecule has 0 saturated carbocycles. The molecule has 0 bridgehead atoms. The molecule has 2 aromatic heterocycles. The maximum Gasteiger partial charge on any atom is 0.307 e. The molecule has 32 heavy (non-hydrogen) atoms. The molecule has 6 nitrogen and oxygen atoms in total. The van der Waals surface area contributed by atoms with Gasteiger partial charge in [-0.25, -0.2) is 5.43 Å². The van der Waals surface area contributed by atoms with E-state index in [1.807, 2.05) is 25.1 Å². The van der Waals surface area contributed by atoms with Crippen LogP contribution in [0.25, 0.3) is 16.7 Å². The van der Waals surface area contributed by atoms with E-state index in [1.165, 1.54) is 11.3 Å². The first-order valence-corrected chi connectivity index (χ1v) is 10.8. The summed E-state index contributed by atoms with van der Waals surface area (Å²) in [6, 6.07) is 17.6. The number of aromatic nitrogens is 1. The second-order valence-electron chi connectivity index (χ2n) is 7.59. The molecule has 4 aromatic rings. The number of rotatable bonds is 7. The fraction of sp³-hybridized carbons (Fsp3) is 0.231. The number of hydrogen-bond donors (Lipinski definition) is 1. The molecule has 0 fully saturated rings. The minimum absolute atomic E-state index is 0.202. The first kappa shape index (κ1) is 21.4. The Kier molecular flexibility index (Phi) is 6.12. The van der Waals surface area contributed by atoms with Crippen molar-refractivity contribution < 1.29 is 13.9 Å². The van der Waals surface area contributed by atoms with E-state index < -0.39 is 5.91 Å². The fourth-order valence-corrected chi connectivity index (χ4v) is 3.92. The van der Waals surface area contributed by atoms with Gasteiger partial charge in [0, 0.05) is 28.0 Å². The molecule has 0 saturated heterocycles. The van der Waals surface area contributed by atoms with E-state index in [0.717, 1.165) is 34.5 Å². The summed E-state index contributed by atoms with van der Waals surface area (Å²) < 4.78 is 13.4. The molecule has 0 aliphatic rings.